The van der Waals surface area contributed by atoms with Crippen molar-refractivity contribution in [2.75, 3.05) is 0 Å². The van der Waals surface area contributed by atoms with Crippen LogP contribution in [0.3, 0.4) is 0 Å². The Kier molecular flexibility index (Phi) is 5.17. The zero-order valence-electron chi connectivity index (χ0n) is 27.4. The quantitative estimate of drug-likeness (QED) is 0.167. The van der Waals surface area contributed by atoms with Gasteiger partial charge in [-0.05, 0) is 157 Å². The molecule has 0 aromatic heterocycles. The van der Waals surface area contributed by atoms with E-state index in [1.165, 1.54) is 120 Å². The van der Waals surface area contributed by atoms with Crippen LogP contribution >= 0.6 is 0 Å². The number of benzene rings is 9. The second-order valence-corrected chi connectivity index (χ2v) is 14.2. The van der Waals surface area contributed by atoms with Gasteiger partial charge in [-0.2, -0.15) is 0 Å². The normalized spacial score (nSPS) is 13.4. The van der Waals surface area contributed by atoms with Gasteiger partial charge in [-0.15, -0.1) is 0 Å². The second-order valence-electron chi connectivity index (χ2n) is 14.2. The fraction of sp³-hybridized carbons (Fsp3) is 0.0400. The predicted molar refractivity (Wildman–Crippen MR) is 217 cm³/mol. The lowest BCUT2D eigenvalue weighted by Crippen LogP contribution is -1.95. The Labute approximate surface area is 289 Å². The summed E-state index contributed by atoms with van der Waals surface area (Å²) >= 11 is 0. The van der Waals surface area contributed by atoms with E-state index in [0.29, 0.717) is 0 Å². The minimum atomic E-state index is 1.08. The first-order valence-corrected chi connectivity index (χ1v) is 17.8. The first kappa shape index (κ1) is 26.7. The molecule has 0 amide bonds. The van der Waals surface area contributed by atoms with E-state index in [2.05, 4.69) is 158 Å². The van der Waals surface area contributed by atoms with Crippen molar-refractivity contribution in [3.05, 3.63) is 163 Å². The van der Waals surface area contributed by atoms with Crippen LogP contribution in [-0.4, -0.2) is 0 Å². The number of hydrogen-bond donors (Lipinski definition) is 0. The highest BCUT2D eigenvalue weighted by Gasteiger charge is 2.26. The third-order valence-electron chi connectivity index (χ3n) is 11.7. The van der Waals surface area contributed by atoms with Crippen molar-refractivity contribution in [2.45, 2.75) is 12.8 Å². The van der Waals surface area contributed by atoms with Crippen molar-refractivity contribution in [3.8, 4) is 22.3 Å². The first-order chi connectivity index (χ1) is 24.8. The molecule has 0 unspecified atom stereocenters. The molecule has 0 atom stereocenters. The smallest absolute Gasteiger partial charge is 0.000730 e. The van der Waals surface area contributed by atoms with Gasteiger partial charge in [0.15, 0.2) is 0 Å². The van der Waals surface area contributed by atoms with Crippen LogP contribution in [0.1, 0.15) is 17.5 Å². The maximum atomic E-state index is 2.54. The highest BCUT2D eigenvalue weighted by Crippen LogP contribution is 2.54. The van der Waals surface area contributed by atoms with Crippen molar-refractivity contribution in [1.29, 1.82) is 0 Å². The summed E-state index contributed by atoms with van der Waals surface area (Å²) in [6.45, 7) is 0. The van der Waals surface area contributed by atoms with Crippen LogP contribution in [0.25, 0.3) is 115 Å². The van der Waals surface area contributed by atoms with Gasteiger partial charge >= 0.3 is 0 Å². The van der Waals surface area contributed by atoms with Crippen LogP contribution in [-0.2, 0) is 6.42 Å². The minimum Gasteiger partial charge on any atom is -0.0836 e. The molecule has 1 aliphatic carbocycles. The molecule has 0 heterocycles. The number of aryl methyl sites for hydroxylation is 1. The Bertz CT molecular complexity index is 3220. The van der Waals surface area contributed by atoms with Gasteiger partial charge in [-0.3, -0.25) is 0 Å². The Morgan fingerprint density at radius 3 is 1.64 bits per heavy atom. The van der Waals surface area contributed by atoms with Crippen LogP contribution in [0.15, 0.2) is 152 Å². The first-order valence-electron chi connectivity index (χ1n) is 17.8. The summed E-state index contributed by atoms with van der Waals surface area (Å²) in [4.78, 5) is 0. The number of hydrogen-bond acceptors (Lipinski definition) is 0. The van der Waals surface area contributed by atoms with Crippen LogP contribution in [0.4, 0.5) is 0 Å². The number of rotatable bonds is 2. The third-order valence-corrected chi connectivity index (χ3v) is 11.7. The zero-order chi connectivity index (χ0) is 32.5. The molecule has 0 spiro atoms. The lowest BCUT2D eigenvalue weighted by atomic mass is 9.85. The summed E-state index contributed by atoms with van der Waals surface area (Å²) in [5, 5.41) is 21.6. The van der Waals surface area contributed by atoms with Crippen molar-refractivity contribution < 1.29 is 0 Å². The summed E-state index contributed by atoms with van der Waals surface area (Å²) in [5.41, 5.74) is 8.07. The molecule has 50 heavy (non-hydrogen) atoms. The van der Waals surface area contributed by atoms with Crippen molar-refractivity contribution in [2.24, 2.45) is 0 Å². The monoisotopic (exact) mass is 630 g/mol. The molecule has 0 aliphatic heterocycles. The molecule has 0 fully saturated rings. The molecule has 0 radical (unpaired) electrons. The van der Waals surface area contributed by atoms with E-state index in [-0.39, 0.29) is 0 Å². The molecule has 0 nitrogen and oxygen atoms in total. The number of fused-ring (bicyclic) bond motifs is 11. The van der Waals surface area contributed by atoms with E-state index < -0.39 is 0 Å². The van der Waals surface area contributed by atoms with Crippen LogP contribution in [0.2, 0.25) is 0 Å². The Morgan fingerprint density at radius 2 is 0.900 bits per heavy atom. The van der Waals surface area contributed by atoms with Crippen molar-refractivity contribution >= 4 is 92.3 Å². The largest absolute Gasteiger partial charge is 0.0836 e. The predicted octanol–water partition coefficient (Wildman–Crippen LogP) is 14.1. The zero-order valence-corrected chi connectivity index (χ0v) is 27.4. The minimum absolute atomic E-state index is 1.08. The van der Waals surface area contributed by atoms with Crippen LogP contribution in [0.5, 0.6) is 0 Å². The second kappa shape index (κ2) is 9.68. The van der Waals surface area contributed by atoms with Crippen LogP contribution < -0.4 is 0 Å². The molecule has 230 valence electrons. The Morgan fingerprint density at radius 1 is 0.340 bits per heavy atom. The summed E-state index contributed by atoms with van der Waals surface area (Å²) in [6.07, 6.45) is 6.89. The fourth-order valence-corrected chi connectivity index (χ4v) is 9.74. The van der Waals surface area contributed by atoms with E-state index in [9.17, 15) is 0 Å². The highest BCUT2D eigenvalue weighted by atomic mass is 14.3. The summed E-state index contributed by atoms with van der Waals surface area (Å²) < 4.78 is 0. The maximum absolute atomic E-state index is 2.54. The van der Waals surface area contributed by atoms with Gasteiger partial charge in [0.05, 0.1) is 0 Å². The lowest BCUT2D eigenvalue weighted by molar-refractivity contribution is 0.992. The summed E-state index contributed by atoms with van der Waals surface area (Å²) in [6, 6.07) is 55.1. The molecule has 12 rings (SSSR count). The van der Waals surface area contributed by atoms with E-state index in [1.54, 1.807) is 0 Å². The molecule has 0 heteroatoms. The van der Waals surface area contributed by atoms with Gasteiger partial charge in [0.1, 0.15) is 0 Å². The van der Waals surface area contributed by atoms with E-state index >= 15 is 0 Å². The molecular formula is C50H30. The SMILES string of the molecule is C1=Cc2c(cc3c4c(-c5ccccc5)c5cc6c(cc5c(-c5ccccc5)c4c4cccc2c43)c2cc3ccccc3c3cccc6c32)CC1. The van der Waals surface area contributed by atoms with E-state index in [0.717, 1.165) is 12.8 Å². The van der Waals surface area contributed by atoms with Gasteiger partial charge in [0.25, 0.3) is 0 Å². The molecule has 1 aliphatic rings. The van der Waals surface area contributed by atoms with Gasteiger partial charge in [0.2, 0.25) is 0 Å². The molecule has 0 bridgehead atoms. The average Bonchev–Trinajstić information content (AvgIpc) is 3.67. The van der Waals surface area contributed by atoms with Crippen LogP contribution in [0, 0.1) is 0 Å². The lowest BCUT2D eigenvalue weighted by Gasteiger charge is -2.17. The van der Waals surface area contributed by atoms with Gasteiger partial charge in [-0.1, -0.05) is 133 Å². The third kappa shape index (κ3) is 3.36. The topological polar surface area (TPSA) is 0 Å². The standard InChI is InChI=1S/C50H30/c1-3-13-29(14-4-1)45-43-28-40-39(37-23-11-21-35-33-19-9-7-17-31(33)25-41(40)47(35)37)27-42(43)46(30-15-5-2-6-16-30)50-44-26-32-18-8-10-20-34(32)36-22-12-24-38(48(36)44)49(45)50/h1-7,9-17,19-28H,8,18H2. The molecule has 0 saturated heterocycles. The number of allylic oxidation sites excluding steroid dienone is 1. The maximum Gasteiger partial charge on any atom is -0.000730 e. The van der Waals surface area contributed by atoms with E-state index in [4.69, 9.17) is 0 Å². The molecule has 0 saturated carbocycles. The Balaban J connectivity index is 1.39. The molecule has 11 aromatic carbocycles. The van der Waals surface area contributed by atoms with Gasteiger partial charge < -0.3 is 0 Å². The molecule has 11 aromatic rings. The van der Waals surface area contributed by atoms with Crippen molar-refractivity contribution in [3.63, 3.8) is 0 Å². The fourth-order valence-electron chi connectivity index (χ4n) is 9.74. The summed E-state index contributed by atoms with van der Waals surface area (Å²) in [5.74, 6) is 0. The highest BCUT2D eigenvalue weighted by molar-refractivity contribution is 6.43. The average molecular weight is 631 g/mol. The Hall–Kier alpha value is -6.24. The van der Waals surface area contributed by atoms with Gasteiger partial charge in [-0.25, -0.2) is 0 Å². The molecule has 0 N–H and O–H groups in total. The van der Waals surface area contributed by atoms with Crippen molar-refractivity contribution in [1.82, 2.24) is 0 Å². The van der Waals surface area contributed by atoms with E-state index in [1.807, 2.05) is 0 Å². The summed E-state index contributed by atoms with van der Waals surface area (Å²) in [7, 11) is 0. The van der Waals surface area contributed by atoms with Gasteiger partial charge in [0, 0.05) is 0 Å². The molecular weight excluding hydrogens is 601 g/mol.